The quantitative estimate of drug-likeness (QED) is 0.824. The maximum absolute atomic E-state index is 13.1. The number of nitrogens with one attached hydrogen (secondary N) is 1. The van der Waals surface area contributed by atoms with E-state index in [0.717, 1.165) is 25.5 Å². The molecule has 0 amide bonds. The molecule has 1 fully saturated rings. The number of nitrogens with zero attached hydrogens (tertiary/aromatic N) is 1. The first-order chi connectivity index (χ1) is 9.70. The predicted molar refractivity (Wildman–Crippen MR) is 71.2 cm³/mol. The van der Waals surface area contributed by atoms with Gasteiger partial charge in [0.05, 0.1) is 6.20 Å². The van der Waals surface area contributed by atoms with Gasteiger partial charge < -0.3 is 9.73 Å². The van der Waals surface area contributed by atoms with Gasteiger partial charge in [-0.3, -0.25) is 0 Å². The van der Waals surface area contributed by atoms with Crippen molar-refractivity contribution in [2.75, 3.05) is 6.54 Å². The Morgan fingerprint density at radius 1 is 1.20 bits per heavy atom. The summed E-state index contributed by atoms with van der Waals surface area (Å²) in [7, 11) is 0. The molecule has 1 aromatic heterocycles. The Morgan fingerprint density at radius 3 is 2.65 bits per heavy atom. The van der Waals surface area contributed by atoms with E-state index >= 15 is 0 Å². The molecule has 1 saturated carbocycles. The van der Waals surface area contributed by atoms with Crippen LogP contribution in [0.5, 0.6) is 0 Å². The lowest BCUT2D eigenvalue weighted by Gasteiger charge is -2.00. The van der Waals surface area contributed by atoms with Gasteiger partial charge in [0.1, 0.15) is 11.6 Å². The zero-order valence-electron chi connectivity index (χ0n) is 11.0. The molecule has 0 saturated heterocycles. The summed E-state index contributed by atoms with van der Waals surface area (Å²) in [6.07, 6.45) is 5.71. The summed E-state index contributed by atoms with van der Waals surface area (Å²) in [5.74, 6) is -0.242. The molecule has 5 heteroatoms. The number of aromatic nitrogens is 1. The second kappa shape index (κ2) is 5.71. The van der Waals surface area contributed by atoms with E-state index in [9.17, 15) is 8.78 Å². The standard InChI is InChI=1S/C15H16F2N2O/c16-11-6-10(7-12(17)8-11)14-9-19-15(20-14)2-1-5-18-13-3-4-13/h6-9,13,18H,1-5H2. The molecular formula is C15H16F2N2O. The third-order valence-corrected chi connectivity index (χ3v) is 3.28. The first-order valence-electron chi connectivity index (χ1n) is 6.85. The van der Waals surface area contributed by atoms with Crippen molar-refractivity contribution in [2.24, 2.45) is 0 Å². The van der Waals surface area contributed by atoms with Crippen molar-refractivity contribution < 1.29 is 13.2 Å². The molecule has 3 nitrogen and oxygen atoms in total. The van der Waals surface area contributed by atoms with Gasteiger partial charge in [0.2, 0.25) is 0 Å². The molecule has 106 valence electrons. The summed E-state index contributed by atoms with van der Waals surface area (Å²) in [6, 6.07) is 4.01. The van der Waals surface area contributed by atoms with E-state index in [0.29, 0.717) is 23.3 Å². The van der Waals surface area contributed by atoms with E-state index in [1.807, 2.05) is 0 Å². The first-order valence-corrected chi connectivity index (χ1v) is 6.85. The van der Waals surface area contributed by atoms with Crippen LogP contribution in [0.2, 0.25) is 0 Å². The number of benzene rings is 1. The molecule has 2 aromatic rings. The highest BCUT2D eigenvalue weighted by Gasteiger charge is 2.19. The lowest BCUT2D eigenvalue weighted by Crippen LogP contribution is -2.17. The van der Waals surface area contributed by atoms with Crippen LogP contribution in [0.15, 0.2) is 28.8 Å². The largest absolute Gasteiger partial charge is 0.441 e. The van der Waals surface area contributed by atoms with Crippen LogP contribution in [0, 0.1) is 11.6 Å². The van der Waals surface area contributed by atoms with Gasteiger partial charge in [0.15, 0.2) is 11.7 Å². The maximum Gasteiger partial charge on any atom is 0.194 e. The van der Waals surface area contributed by atoms with Crippen LogP contribution in [0.4, 0.5) is 8.78 Å². The number of oxazole rings is 1. The number of hydrogen-bond donors (Lipinski definition) is 1. The SMILES string of the molecule is Fc1cc(F)cc(-c2cnc(CCCNC3CC3)o2)c1. The molecule has 0 radical (unpaired) electrons. The zero-order valence-corrected chi connectivity index (χ0v) is 11.0. The Morgan fingerprint density at radius 2 is 1.95 bits per heavy atom. The molecule has 0 bridgehead atoms. The van der Waals surface area contributed by atoms with E-state index in [2.05, 4.69) is 10.3 Å². The van der Waals surface area contributed by atoms with Crippen molar-refractivity contribution in [1.29, 1.82) is 0 Å². The second-order valence-corrected chi connectivity index (χ2v) is 5.11. The normalized spacial score (nSPS) is 14.7. The van der Waals surface area contributed by atoms with Gasteiger partial charge in [0, 0.05) is 24.1 Å². The average Bonchev–Trinajstić information content (AvgIpc) is 3.10. The number of aryl methyl sites for hydroxylation is 1. The highest BCUT2D eigenvalue weighted by molar-refractivity contribution is 5.56. The fourth-order valence-electron chi connectivity index (χ4n) is 2.09. The van der Waals surface area contributed by atoms with Crippen molar-refractivity contribution in [3.63, 3.8) is 0 Å². The molecule has 3 rings (SSSR count). The number of rotatable bonds is 6. The van der Waals surface area contributed by atoms with Gasteiger partial charge in [-0.25, -0.2) is 13.8 Å². The summed E-state index contributed by atoms with van der Waals surface area (Å²) in [4.78, 5) is 4.14. The molecule has 0 atom stereocenters. The minimum Gasteiger partial charge on any atom is -0.441 e. The Balaban J connectivity index is 1.60. The number of hydrogen-bond acceptors (Lipinski definition) is 3. The van der Waals surface area contributed by atoms with Crippen LogP contribution in [0.25, 0.3) is 11.3 Å². The molecular weight excluding hydrogens is 262 g/mol. The second-order valence-electron chi connectivity index (χ2n) is 5.11. The van der Waals surface area contributed by atoms with E-state index in [1.165, 1.54) is 31.2 Å². The molecule has 0 aliphatic heterocycles. The van der Waals surface area contributed by atoms with E-state index < -0.39 is 11.6 Å². The van der Waals surface area contributed by atoms with E-state index in [4.69, 9.17) is 4.42 Å². The lowest BCUT2D eigenvalue weighted by molar-refractivity contribution is 0.490. The summed E-state index contributed by atoms with van der Waals surface area (Å²) in [5.41, 5.74) is 0.373. The molecule has 1 heterocycles. The summed E-state index contributed by atoms with van der Waals surface area (Å²) >= 11 is 0. The van der Waals surface area contributed by atoms with Crippen molar-refractivity contribution in [3.8, 4) is 11.3 Å². The van der Waals surface area contributed by atoms with Crippen LogP contribution in [-0.2, 0) is 6.42 Å². The minimum absolute atomic E-state index is 0.373. The predicted octanol–water partition coefficient (Wildman–Crippen LogP) is 3.30. The maximum atomic E-state index is 13.1. The number of halogens is 2. The highest BCUT2D eigenvalue weighted by atomic mass is 19.1. The summed E-state index contributed by atoms with van der Waals surface area (Å²) < 4.78 is 31.8. The van der Waals surface area contributed by atoms with Gasteiger partial charge in [-0.15, -0.1) is 0 Å². The van der Waals surface area contributed by atoms with Gasteiger partial charge >= 0.3 is 0 Å². The minimum atomic E-state index is -0.619. The molecule has 0 spiro atoms. The van der Waals surface area contributed by atoms with Gasteiger partial charge in [-0.05, 0) is 37.9 Å². The van der Waals surface area contributed by atoms with Crippen molar-refractivity contribution in [3.05, 3.63) is 41.9 Å². The molecule has 20 heavy (non-hydrogen) atoms. The average molecular weight is 278 g/mol. The fraction of sp³-hybridized carbons (Fsp3) is 0.400. The third kappa shape index (κ3) is 3.42. The fourth-order valence-corrected chi connectivity index (χ4v) is 2.09. The van der Waals surface area contributed by atoms with Crippen LogP contribution >= 0.6 is 0 Å². The van der Waals surface area contributed by atoms with Gasteiger partial charge in [0.25, 0.3) is 0 Å². The van der Waals surface area contributed by atoms with E-state index in [-0.39, 0.29) is 0 Å². The molecule has 1 aliphatic rings. The topological polar surface area (TPSA) is 38.1 Å². The van der Waals surface area contributed by atoms with Crippen molar-refractivity contribution in [2.45, 2.75) is 31.7 Å². The molecule has 1 aliphatic carbocycles. The third-order valence-electron chi connectivity index (χ3n) is 3.28. The Hall–Kier alpha value is -1.75. The summed E-state index contributed by atoms with van der Waals surface area (Å²) in [6.45, 7) is 0.941. The smallest absolute Gasteiger partial charge is 0.194 e. The lowest BCUT2D eigenvalue weighted by atomic mass is 10.2. The molecule has 1 aromatic carbocycles. The molecule has 1 N–H and O–H groups in total. The Bertz CT molecular complexity index is 573. The zero-order chi connectivity index (χ0) is 13.9. The Kier molecular flexibility index (Phi) is 3.78. The van der Waals surface area contributed by atoms with Crippen LogP contribution in [0.1, 0.15) is 25.2 Å². The van der Waals surface area contributed by atoms with Gasteiger partial charge in [-0.1, -0.05) is 0 Å². The monoisotopic (exact) mass is 278 g/mol. The highest BCUT2D eigenvalue weighted by Crippen LogP contribution is 2.23. The van der Waals surface area contributed by atoms with Crippen molar-refractivity contribution >= 4 is 0 Å². The van der Waals surface area contributed by atoms with E-state index in [1.54, 1.807) is 0 Å². The Labute approximate surface area is 116 Å². The summed E-state index contributed by atoms with van der Waals surface area (Å²) in [5, 5.41) is 3.41. The van der Waals surface area contributed by atoms with Gasteiger partial charge in [-0.2, -0.15) is 0 Å². The van der Waals surface area contributed by atoms with Crippen LogP contribution in [0.3, 0.4) is 0 Å². The first kappa shape index (κ1) is 13.2. The van der Waals surface area contributed by atoms with Crippen molar-refractivity contribution in [1.82, 2.24) is 10.3 Å². The molecule has 0 unspecified atom stereocenters. The van der Waals surface area contributed by atoms with Crippen LogP contribution < -0.4 is 5.32 Å². The van der Waals surface area contributed by atoms with Crippen LogP contribution in [-0.4, -0.2) is 17.6 Å².